The average Bonchev–Trinajstić information content (AvgIpc) is 2.97. The Bertz CT molecular complexity index is 1000. The second kappa shape index (κ2) is 19.7. The number of carboxylic acids is 1. The minimum Gasteiger partial charge on any atom is -0.491 e. The van der Waals surface area contributed by atoms with E-state index in [0.717, 1.165) is 44.9 Å². The van der Waals surface area contributed by atoms with Gasteiger partial charge in [-0.25, -0.2) is 4.79 Å². The third-order valence-electron chi connectivity index (χ3n) is 7.46. The first-order valence-electron chi connectivity index (χ1n) is 15.4. The number of aliphatic hydroxyl groups is 2. The van der Waals surface area contributed by atoms with Crippen LogP contribution in [0.1, 0.15) is 89.4 Å². The summed E-state index contributed by atoms with van der Waals surface area (Å²) in [5, 5.41) is 31.9. The van der Waals surface area contributed by atoms with Crippen LogP contribution in [0.5, 0.6) is 11.5 Å². The predicted molar refractivity (Wildman–Crippen MR) is 162 cm³/mol. The Morgan fingerprint density at radius 2 is 1.27 bits per heavy atom. The van der Waals surface area contributed by atoms with E-state index >= 15 is 0 Å². The first kappa shape index (κ1) is 34.8. The highest BCUT2D eigenvalue weighted by Crippen LogP contribution is 2.31. The Hall–Kier alpha value is -2.39. The number of aliphatic hydroxyl groups excluding tert-OH is 2. The van der Waals surface area contributed by atoms with Crippen LogP contribution in [0.3, 0.4) is 0 Å². The van der Waals surface area contributed by atoms with Crippen molar-refractivity contribution in [3.05, 3.63) is 35.9 Å². The summed E-state index contributed by atoms with van der Waals surface area (Å²) >= 11 is 0. The van der Waals surface area contributed by atoms with Crippen molar-refractivity contribution in [1.82, 2.24) is 0 Å². The topological polar surface area (TPSA) is 115 Å². The highest BCUT2D eigenvalue weighted by molar-refractivity contribution is 6.06. The van der Waals surface area contributed by atoms with Gasteiger partial charge in [-0.3, -0.25) is 0 Å². The van der Waals surface area contributed by atoms with Gasteiger partial charge in [0.25, 0.3) is 0 Å². The van der Waals surface area contributed by atoms with Crippen LogP contribution >= 0.6 is 0 Å². The van der Waals surface area contributed by atoms with E-state index in [9.17, 15) is 20.1 Å². The largest absolute Gasteiger partial charge is 0.491 e. The molecule has 0 spiro atoms. The molecule has 2 rings (SSSR count). The zero-order valence-corrected chi connectivity index (χ0v) is 25.5. The number of carbonyl (C=O) groups is 1. The lowest BCUT2D eigenvalue weighted by atomic mass is 10.0. The summed E-state index contributed by atoms with van der Waals surface area (Å²) in [7, 11) is 0. The molecule has 2 aromatic rings. The molecule has 0 fully saturated rings. The fourth-order valence-electron chi connectivity index (χ4n) is 4.72. The first-order chi connectivity index (χ1) is 19.8. The summed E-state index contributed by atoms with van der Waals surface area (Å²) in [5.41, 5.74) is -0.00625. The Morgan fingerprint density at radius 3 is 1.78 bits per heavy atom. The van der Waals surface area contributed by atoms with Gasteiger partial charge in [-0.05, 0) is 48.3 Å². The molecule has 0 aliphatic carbocycles. The minimum absolute atomic E-state index is 0.00625. The summed E-state index contributed by atoms with van der Waals surface area (Å²) < 4.78 is 22.9. The molecule has 8 nitrogen and oxygen atoms in total. The van der Waals surface area contributed by atoms with Gasteiger partial charge in [0.2, 0.25) is 0 Å². The Balaban J connectivity index is 1.94. The molecule has 0 aromatic heterocycles. The molecule has 41 heavy (non-hydrogen) atoms. The summed E-state index contributed by atoms with van der Waals surface area (Å²) in [5.74, 6) is 0.422. The molecule has 4 atom stereocenters. The van der Waals surface area contributed by atoms with Crippen LogP contribution in [0.2, 0.25) is 0 Å². The SMILES string of the molecule is CCCCC(CC)COCC(O)COc1ccc2ccc(OCC(O)COCC(CC)CCCC)c(C(=O)O)c2c1. The van der Waals surface area contributed by atoms with Crippen molar-refractivity contribution in [2.75, 3.05) is 39.6 Å². The van der Waals surface area contributed by atoms with Crippen LogP contribution in [-0.4, -0.2) is 73.1 Å². The number of unbranched alkanes of at least 4 members (excludes halogenated alkanes) is 2. The minimum atomic E-state index is -1.14. The van der Waals surface area contributed by atoms with Crippen LogP contribution in [0.15, 0.2) is 30.3 Å². The molecule has 0 radical (unpaired) electrons. The van der Waals surface area contributed by atoms with Crippen molar-refractivity contribution in [2.24, 2.45) is 11.8 Å². The second-order valence-corrected chi connectivity index (χ2v) is 11.0. The maximum atomic E-state index is 12.2. The Labute approximate surface area is 246 Å². The number of ether oxygens (including phenoxy) is 4. The van der Waals surface area contributed by atoms with E-state index in [0.29, 0.717) is 41.6 Å². The number of rotatable bonds is 23. The van der Waals surface area contributed by atoms with Crippen LogP contribution in [-0.2, 0) is 9.47 Å². The van der Waals surface area contributed by atoms with Gasteiger partial charge < -0.3 is 34.3 Å². The van der Waals surface area contributed by atoms with Crippen molar-refractivity contribution >= 4 is 16.7 Å². The molecule has 0 saturated carbocycles. The summed E-state index contributed by atoms with van der Waals surface area (Å²) in [6, 6.07) is 8.52. The standard InChI is InChI=1S/C33H52O8/c1-5-9-11-24(7-3)18-38-20-27(34)22-40-29-15-13-26-14-16-31(32(33(36)37)30(26)17-29)41-23-28(35)21-39-19-25(8-4)12-10-6-2/h13-17,24-25,27-28,34-35H,5-12,18-23H2,1-4H3,(H,36,37). The normalized spacial score (nSPS) is 14.5. The second-order valence-electron chi connectivity index (χ2n) is 11.0. The molecule has 0 aliphatic rings. The van der Waals surface area contributed by atoms with Gasteiger partial charge in [-0.15, -0.1) is 0 Å². The zero-order valence-electron chi connectivity index (χ0n) is 25.5. The number of carboxylic acid groups (broad SMARTS) is 1. The Morgan fingerprint density at radius 1 is 0.732 bits per heavy atom. The number of hydrogen-bond donors (Lipinski definition) is 3. The number of hydrogen-bond acceptors (Lipinski definition) is 7. The van der Waals surface area contributed by atoms with E-state index in [-0.39, 0.29) is 37.7 Å². The van der Waals surface area contributed by atoms with E-state index in [1.54, 1.807) is 30.3 Å². The van der Waals surface area contributed by atoms with Crippen LogP contribution in [0, 0.1) is 11.8 Å². The van der Waals surface area contributed by atoms with Crippen molar-refractivity contribution in [3.63, 3.8) is 0 Å². The van der Waals surface area contributed by atoms with Crippen LogP contribution < -0.4 is 9.47 Å². The van der Waals surface area contributed by atoms with Crippen molar-refractivity contribution in [2.45, 2.75) is 91.3 Å². The lowest BCUT2D eigenvalue weighted by molar-refractivity contribution is -0.00130. The van der Waals surface area contributed by atoms with Gasteiger partial charge in [0.05, 0.1) is 13.2 Å². The molecule has 8 heteroatoms. The molecule has 0 heterocycles. The number of fused-ring (bicyclic) bond motifs is 1. The van der Waals surface area contributed by atoms with E-state index < -0.39 is 18.2 Å². The summed E-state index contributed by atoms with van der Waals surface area (Å²) in [4.78, 5) is 12.2. The van der Waals surface area contributed by atoms with Crippen LogP contribution in [0.25, 0.3) is 10.8 Å². The molecule has 0 bridgehead atoms. The summed E-state index contributed by atoms with van der Waals surface area (Å²) in [6.07, 6.45) is 7.27. The zero-order chi connectivity index (χ0) is 30.0. The van der Waals surface area contributed by atoms with E-state index in [1.807, 2.05) is 0 Å². The maximum Gasteiger partial charge on any atom is 0.340 e. The molecule has 4 unspecified atom stereocenters. The number of benzene rings is 2. The van der Waals surface area contributed by atoms with Gasteiger partial charge in [-0.2, -0.15) is 0 Å². The smallest absolute Gasteiger partial charge is 0.340 e. The van der Waals surface area contributed by atoms with Crippen LogP contribution in [0.4, 0.5) is 0 Å². The fourth-order valence-corrected chi connectivity index (χ4v) is 4.72. The molecular formula is C33H52O8. The maximum absolute atomic E-state index is 12.2. The lowest BCUT2D eigenvalue weighted by Gasteiger charge is -2.18. The van der Waals surface area contributed by atoms with Gasteiger partial charge >= 0.3 is 5.97 Å². The highest BCUT2D eigenvalue weighted by Gasteiger charge is 2.19. The molecular weight excluding hydrogens is 524 g/mol. The van der Waals surface area contributed by atoms with Gasteiger partial charge in [-0.1, -0.05) is 78.4 Å². The molecule has 0 amide bonds. The third-order valence-corrected chi connectivity index (χ3v) is 7.46. The van der Waals surface area contributed by atoms with Gasteiger partial charge in [0.1, 0.15) is 42.5 Å². The molecule has 232 valence electrons. The third kappa shape index (κ3) is 12.6. The molecule has 2 aromatic carbocycles. The lowest BCUT2D eigenvalue weighted by Crippen LogP contribution is -2.25. The monoisotopic (exact) mass is 576 g/mol. The Kier molecular flexibility index (Phi) is 16.7. The first-order valence-corrected chi connectivity index (χ1v) is 15.4. The van der Waals surface area contributed by atoms with E-state index in [4.69, 9.17) is 18.9 Å². The molecule has 3 N–H and O–H groups in total. The van der Waals surface area contributed by atoms with E-state index in [2.05, 4.69) is 27.7 Å². The predicted octanol–water partition coefficient (Wildman–Crippen LogP) is 6.48. The van der Waals surface area contributed by atoms with Gasteiger partial charge in [0.15, 0.2) is 0 Å². The van der Waals surface area contributed by atoms with E-state index in [1.165, 1.54) is 6.42 Å². The fraction of sp³-hybridized carbons (Fsp3) is 0.667. The quantitative estimate of drug-likeness (QED) is 0.138. The molecule has 0 aliphatic heterocycles. The average molecular weight is 577 g/mol. The summed E-state index contributed by atoms with van der Waals surface area (Å²) in [6.45, 7) is 10.1. The highest BCUT2D eigenvalue weighted by atomic mass is 16.5. The number of aromatic carboxylic acids is 1. The van der Waals surface area contributed by atoms with Crippen molar-refractivity contribution in [1.29, 1.82) is 0 Å². The van der Waals surface area contributed by atoms with Crippen molar-refractivity contribution < 1.29 is 39.1 Å². The van der Waals surface area contributed by atoms with Crippen molar-refractivity contribution in [3.8, 4) is 11.5 Å². The van der Waals surface area contributed by atoms with Gasteiger partial charge in [0, 0.05) is 18.6 Å². The molecule has 0 saturated heterocycles.